The minimum absolute atomic E-state index is 0.621. The van der Waals surface area contributed by atoms with Gasteiger partial charge in [0.1, 0.15) is 12.4 Å². The third-order valence-electron chi connectivity index (χ3n) is 3.43. The molecule has 1 aromatic carbocycles. The highest BCUT2D eigenvalue weighted by Gasteiger charge is 2.05. The molecule has 0 unspecified atom stereocenters. The Morgan fingerprint density at radius 2 is 1.95 bits per heavy atom. The lowest BCUT2D eigenvalue weighted by Gasteiger charge is -2.11. The number of rotatable bonds is 5. The Morgan fingerprint density at radius 3 is 2.67 bits per heavy atom. The Bertz CT molecular complexity index is 696. The summed E-state index contributed by atoms with van der Waals surface area (Å²) in [5, 5.41) is 8.75. The summed E-state index contributed by atoms with van der Waals surface area (Å²) in [6.07, 6.45) is 2.00. The van der Waals surface area contributed by atoms with E-state index in [1.54, 1.807) is 11.3 Å². The molecule has 0 saturated heterocycles. The van der Waals surface area contributed by atoms with Crippen molar-refractivity contribution in [3.8, 4) is 17.0 Å². The number of benzene rings is 1. The Balaban J connectivity index is 1.61. The third kappa shape index (κ3) is 3.16. The molecule has 0 aliphatic carbocycles. The number of para-hydroxylation sites is 1. The van der Waals surface area contributed by atoms with E-state index in [-0.39, 0.29) is 0 Å². The predicted octanol–water partition coefficient (Wildman–Crippen LogP) is 4.31. The van der Waals surface area contributed by atoms with Crippen molar-refractivity contribution in [1.29, 1.82) is 0 Å². The fraction of sp³-hybridized carbons (Fsp3) is 0.235. The molecule has 2 aromatic heterocycles. The average Bonchev–Trinajstić information content (AvgIpc) is 3.12. The first-order valence-electron chi connectivity index (χ1n) is 6.99. The van der Waals surface area contributed by atoms with Gasteiger partial charge in [0.05, 0.1) is 12.2 Å². The second-order valence-corrected chi connectivity index (χ2v) is 5.83. The van der Waals surface area contributed by atoms with Crippen LogP contribution in [-0.4, -0.2) is 16.4 Å². The monoisotopic (exact) mass is 298 g/mol. The molecule has 0 spiro atoms. The van der Waals surface area contributed by atoms with Crippen molar-refractivity contribution in [3.05, 3.63) is 58.4 Å². The predicted molar refractivity (Wildman–Crippen MR) is 87.0 cm³/mol. The topological polar surface area (TPSA) is 27.1 Å². The molecule has 3 nitrogen and oxygen atoms in total. The quantitative estimate of drug-likeness (QED) is 0.702. The van der Waals surface area contributed by atoms with Crippen LogP contribution in [0.25, 0.3) is 11.3 Å². The zero-order valence-corrected chi connectivity index (χ0v) is 13.1. The minimum Gasteiger partial charge on any atom is -0.491 e. The van der Waals surface area contributed by atoms with E-state index >= 15 is 0 Å². The number of nitrogens with zero attached hydrogens (tertiary/aromatic N) is 2. The molecular formula is C17H18N2OS. The zero-order chi connectivity index (χ0) is 14.7. The normalized spacial score (nSPS) is 10.8. The fourth-order valence-corrected chi connectivity index (χ4v) is 2.97. The summed E-state index contributed by atoms with van der Waals surface area (Å²) < 4.78 is 7.84. The van der Waals surface area contributed by atoms with Gasteiger partial charge in [-0.2, -0.15) is 16.4 Å². The van der Waals surface area contributed by atoms with Gasteiger partial charge in [-0.15, -0.1) is 0 Å². The van der Waals surface area contributed by atoms with Gasteiger partial charge in [-0.1, -0.05) is 18.2 Å². The van der Waals surface area contributed by atoms with E-state index in [0.29, 0.717) is 6.61 Å². The number of hydrogen-bond acceptors (Lipinski definition) is 3. The van der Waals surface area contributed by atoms with Gasteiger partial charge in [-0.3, -0.25) is 4.68 Å². The number of aryl methyl sites for hydroxylation is 2. The van der Waals surface area contributed by atoms with Crippen LogP contribution in [0.1, 0.15) is 11.1 Å². The van der Waals surface area contributed by atoms with Crippen LogP contribution in [0.15, 0.2) is 47.3 Å². The summed E-state index contributed by atoms with van der Waals surface area (Å²) in [6.45, 7) is 5.52. The summed E-state index contributed by atoms with van der Waals surface area (Å²) in [4.78, 5) is 0. The van der Waals surface area contributed by atoms with Crippen LogP contribution in [-0.2, 0) is 6.54 Å². The van der Waals surface area contributed by atoms with E-state index in [1.807, 2.05) is 16.9 Å². The molecule has 0 saturated carbocycles. The second kappa shape index (κ2) is 6.14. The summed E-state index contributed by atoms with van der Waals surface area (Å²) in [5.41, 5.74) is 4.54. The van der Waals surface area contributed by atoms with Crippen molar-refractivity contribution in [2.24, 2.45) is 0 Å². The summed E-state index contributed by atoms with van der Waals surface area (Å²) >= 11 is 1.69. The van der Waals surface area contributed by atoms with Gasteiger partial charge in [-0.05, 0) is 42.5 Å². The first kappa shape index (κ1) is 13.9. The fourth-order valence-electron chi connectivity index (χ4n) is 2.32. The maximum absolute atomic E-state index is 5.91. The summed E-state index contributed by atoms with van der Waals surface area (Å²) in [5.74, 6) is 0.989. The van der Waals surface area contributed by atoms with Gasteiger partial charge in [0.25, 0.3) is 0 Å². The number of thiophene rings is 1. The molecule has 0 aliphatic rings. The molecule has 3 rings (SSSR count). The molecule has 108 valence electrons. The highest BCUT2D eigenvalue weighted by atomic mass is 32.1. The molecular weight excluding hydrogens is 280 g/mol. The Morgan fingerprint density at radius 1 is 1.14 bits per heavy atom. The molecule has 3 aromatic rings. The molecule has 0 N–H and O–H groups in total. The molecule has 0 aliphatic heterocycles. The molecule has 0 amide bonds. The highest BCUT2D eigenvalue weighted by Crippen LogP contribution is 2.22. The van der Waals surface area contributed by atoms with E-state index in [1.165, 1.54) is 16.7 Å². The van der Waals surface area contributed by atoms with Gasteiger partial charge in [0.15, 0.2) is 0 Å². The zero-order valence-electron chi connectivity index (χ0n) is 12.2. The molecule has 2 heterocycles. The summed E-state index contributed by atoms with van der Waals surface area (Å²) in [6, 6.07) is 10.3. The first-order chi connectivity index (χ1) is 10.2. The Labute approximate surface area is 128 Å². The second-order valence-electron chi connectivity index (χ2n) is 5.05. The van der Waals surface area contributed by atoms with Crippen molar-refractivity contribution in [1.82, 2.24) is 9.78 Å². The van der Waals surface area contributed by atoms with Crippen molar-refractivity contribution in [3.63, 3.8) is 0 Å². The lowest BCUT2D eigenvalue weighted by molar-refractivity contribution is 0.288. The van der Waals surface area contributed by atoms with E-state index in [2.05, 4.69) is 54.0 Å². The molecule has 0 atom stereocenters. The van der Waals surface area contributed by atoms with Crippen molar-refractivity contribution in [2.45, 2.75) is 20.4 Å². The van der Waals surface area contributed by atoms with E-state index in [9.17, 15) is 0 Å². The number of hydrogen-bond donors (Lipinski definition) is 0. The van der Waals surface area contributed by atoms with Crippen LogP contribution in [0.2, 0.25) is 0 Å². The SMILES string of the molecule is Cc1cccc(C)c1OCCn1ccc(-c2ccsc2)n1. The Hall–Kier alpha value is -2.07. The van der Waals surface area contributed by atoms with E-state index in [0.717, 1.165) is 18.0 Å². The van der Waals surface area contributed by atoms with Crippen molar-refractivity contribution < 1.29 is 4.74 Å². The summed E-state index contributed by atoms with van der Waals surface area (Å²) in [7, 11) is 0. The molecule has 0 fully saturated rings. The Kier molecular flexibility index (Phi) is 4.06. The van der Waals surface area contributed by atoms with Crippen LogP contribution in [0.3, 0.4) is 0 Å². The van der Waals surface area contributed by atoms with E-state index < -0.39 is 0 Å². The standard InChI is InChI=1S/C17H18N2OS/c1-13-4-3-5-14(2)17(13)20-10-9-19-8-6-16(18-19)15-7-11-21-12-15/h3-8,11-12H,9-10H2,1-2H3. The first-order valence-corrected chi connectivity index (χ1v) is 7.93. The van der Waals surface area contributed by atoms with Gasteiger partial charge in [-0.25, -0.2) is 0 Å². The maximum Gasteiger partial charge on any atom is 0.125 e. The number of aromatic nitrogens is 2. The van der Waals surface area contributed by atoms with Gasteiger partial charge in [0.2, 0.25) is 0 Å². The maximum atomic E-state index is 5.91. The van der Waals surface area contributed by atoms with E-state index in [4.69, 9.17) is 4.74 Å². The van der Waals surface area contributed by atoms with Gasteiger partial charge >= 0.3 is 0 Å². The smallest absolute Gasteiger partial charge is 0.125 e. The molecule has 21 heavy (non-hydrogen) atoms. The van der Waals surface area contributed by atoms with Crippen molar-refractivity contribution >= 4 is 11.3 Å². The highest BCUT2D eigenvalue weighted by molar-refractivity contribution is 7.08. The molecule has 4 heteroatoms. The number of ether oxygens (including phenoxy) is 1. The lowest BCUT2D eigenvalue weighted by Crippen LogP contribution is -2.09. The van der Waals surface area contributed by atoms with Crippen molar-refractivity contribution in [2.75, 3.05) is 6.61 Å². The van der Waals surface area contributed by atoms with Crippen LogP contribution in [0.4, 0.5) is 0 Å². The van der Waals surface area contributed by atoms with Gasteiger partial charge in [0, 0.05) is 17.1 Å². The van der Waals surface area contributed by atoms with Crippen LogP contribution in [0.5, 0.6) is 5.75 Å². The van der Waals surface area contributed by atoms with Crippen LogP contribution >= 0.6 is 11.3 Å². The minimum atomic E-state index is 0.621. The third-order valence-corrected chi connectivity index (χ3v) is 4.12. The lowest BCUT2D eigenvalue weighted by atomic mass is 10.1. The molecule has 0 bridgehead atoms. The van der Waals surface area contributed by atoms with Crippen LogP contribution in [0, 0.1) is 13.8 Å². The van der Waals surface area contributed by atoms with Gasteiger partial charge < -0.3 is 4.74 Å². The largest absolute Gasteiger partial charge is 0.491 e. The molecule has 0 radical (unpaired) electrons. The van der Waals surface area contributed by atoms with Crippen LogP contribution < -0.4 is 4.74 Å². The average molecular weight is 298 g/mol.